The highest BCUT2D eigenvalue weighted by Crippen LogP contribution is 2.28. The van der Waals surface area contributed by atoms with Crippen molar-refractivity contribution in [3.8, 4) is 0 Å². The van der Waals surface area contributed by atoms with Gasteiger partial charge >= 0.3 is 0 Å². The van der Waals surface area contributed by atoms with Crippen LogP contribution in [0.4, 0.5) is 11.4 Å². The molecule has 132 valence electrons. The van der Waals surface area contributed by atoms with Crippen LogP contribution in [-0.2, 0) is 4.79 Å². The number of nitrogens with zero attached hydrogens (tertiary/aromatic N) is 4. The Bertz CT molecular complexity index is 924. The molecule has 0 unspecified atom stereocenters. The first-order valence-corrected chi connectivity index (χ1v) is 8.50. The fourth-order valence-electron chi connectivity index (χ4n) is 2.97. The number of ketones is 1. The predicted molar refractivity (Wildman–Crippen MR) is 102 cm³/mol. The molecule has 0 bridgehead atoms. The van der Waals surface area contributed by atoms with Gasteiger partial charge in [-0.2, -0.15) is 0 Å². The number of rotatable bonds is 4. The monoisotopic (exact) mass is 358 g/mol. The second-order valence-electron chi connectivity index (χ2n) is 6.10. The van der Waals surface area contributed by atoms with Crippen LogP contribution in [0.2, 0.25) is 0 Å². The maximum Gasteiger partial charge on any atom is 0.220 e. The maximum absolute atomic E-state index is 12.8. The van der Waals surface area contributed by atoms with Crippen molar-refractivity contribution in [1.82, 2.24) is 9.82 Å². The predicted octanol–water partition coefficient (Wildman–Crippen LogP) is 5.27. The molecule has 27 heavy (non-hydrogen) atoms. The van der Waals surface area contributed by atoms with E-state index in [4.69, 9.17) is 11.1 Å². The van der Waals surface area contributed by atoms with Crippen molar-refractivity contribution in [3.63, 3.8) is 0 Å². The SMILES string of the molecule is N=[N+]=Nc1ccc(/C=C2\CCC/C(=C\c3ccc(N=[N+]=N)cc3)C2=O)cc1. The number of allylic oxidation sites excluding steroid dienone is 2. The minimum absolute atomic E-state index is 0.0751. The molecule has 7 nitrogen and oxygen atoms in total. The Morgan fingerprint density at radius 1 is 0.741 bits per heavy atom. The van der Waals surface area contributed by atoms with Gasteiger partial charge < -0.3 is 0 Å². The molecular formula is C20H18N6O+2. The van der Waals surface area contributed by atoms with Gasteiger partial charge in [0.2, 0.25) is 9.82 Å². The van der Waals surface area contributed by atoms with E-state index in [-0.39, 0.29) is 5.78 Å². The molecule has 0 radical (unpaired) electrons. The van der Waals surface area contributed by atoms with Crippen LogP contribution in [0.15, 0.2) is 69.9 Å². The third-order valence-electron chi connectivity index (χ3n) is 4.27. The lowest BCUT2D eigenvalue weighted by molar-refractivity contribution is -0.112. The highest BCUT2D eigenvalue weighted by atomic mass is 16.1. The zero-order valence-electron chi connectivity index (χ0n) is 14.6. The number of nitrogens with one attached hydrogen (secondary N) is 2. The van der Waals surface area contributed by atoms with Crippen LogP contribution in [0.3, 0.4) is 0 Å². The van der Waals surface area contributed by atoms with Gasteiger partial charge in [-0.05, 0) is 66.8 Å². The second kappa shape index (κ2) is 8.54. The molecule has 1 saturated carbocycles. The van der Waals surface area contributed by atoms with Gasteiger partial charge in [0.1, 0.15) is 11.1 Å². The highest BCUT2D eigenvalue weighted by Gasteiger charge is 2.20. The van der Waals surface area contributed by atoms with Crippen molar-refractivity contribution in [3.05, 3.63) is 70.8 Å². The van der Waals surface area contributed by atoms with Gasteiger partial charge in [0.25, 0.3) is 0 Å². The summed E-state index contributed by atoms with van der Waals surface area (Å²) in [5.74, 6) is 0.0751. The lowest BCUT2D eigenvalue weighted by atomic mass is 9.87. The maximum atomic E-state index is 12.8. The average molecular weight is 358 g/mol. The molecule has 0 heterocycles. The van der Waals surface area contributed by atoms with Gasteiger partial charge in [0.05, 0.1) is 0 Å². The van der Waals surface area contributed by atoms with E-state index in [0.29, 0.717) is 11.4 Å². The Balaban J connectivity index is 1.82. The molecular weight excluding hydrogens is 340 g/mol. The first kappa shape index (κ1) is 18.0. The normalized spacial score (nSPS) is 16.7. The first-order valence-electron chi connectivity index (χ1n) is 8.50. The Morgan fingerprint density at radius 2 is 1.15 bits per heavy atom. The van der Waals surface area contributed by atoms with Crippen molar-refractivity contribution in [2.75, 3.05) is 0 Å². The molecule has 2 N–H and O–H groups in total. The second-order valence-corrected chi connectivity index (χ2v) is 6.10. The van der Waals surface area contributed by atoms with Crippen LogP contribution in [-0.4, -0.2) is 5.78 Å². The molecule has 1 aliphatic carbocycles. The number of carbonyl (C=O) groups is 1. The van der Waals surface area contributed by atoms with E-state index in [2.05, 4.69) is 20.1 Å². The lowest BCUT2D eigenvalue weighted by Crippen LogP contribution is -2.12. The quantitative estimate of drug-likeness (QED) is 0.432. The molecule has 7 heteroatoms. The summed E-state index contributed by atoms with van der Waals surface area (Å²) >= 11 is 0. The summed E-state index contributed by atoms with van der Waals surface area (Å²) in [6.07, 6.45) is 6.27. The van der Waals surface area contributed by atoms with Gasteiger partial charge in [-0.25, -0.2) is 0 Å². The Labute approximate surface area is 155 Å². The molecule has 0 aromatic heterocycles. The fraction of sp³-hybridized carbons (Fsp3) is 0.150. The van der Waals surface area contributed by atoms with Gasteiger partial charge in [0.15, 0.2) is 27.4 Å². The Morgan fingerprint density at radius 3 is 1.52 bits per heavy atom. The third kappa shape index (κ3) is 4.64. The van der Waals surface area contributed by atoms with Gasteiger partial charge in [-0.3, -0.25) is 4.79 Å². The average Bonchev–Trinajstić information content (AvgIpc) is 2.68. The zero-order valence-corrected chi connectivity index (χ0v) is 14.6. The largest absolute Gasteiger partial charge is 0.289 e. The van der Waals surface area contributed by atoms with Crippen molar-refractivity contribution < 1.29 is 4.79 Å². The van der Waals surface area contributed by atoms with Crippen molar-refractivity contribution >= 4 is 29.3 Å². The molecule has 0 amide bonds. The van der Waals surface area contributed by atoms with Crippen molar-refractivity contribution in [2.24, 2.45) is 10.2 Å². The molecule has 0 atom stereocenters. The zero-order chi connectivity index (χ0) is 19.1. The summed E-state index contributed by atoms with van der Waals surface area (Å²) in [6.45, 7) is 0. The van der Waals surface area contributed by atoms with Gasteiger partial charge in [-0.1, -0.05) is 24.3 Å². The van der Waals surface area contributed by atoms with Gasteiger partial charge in [0, 0.05) is 11.1 Å². The van der Waals surface area contributed by atoms with Crippen LogP contribution >= 0.6 is 0 Å². The van der Waals surface area contributed by atoms with Gasteiger partial charge in [-0.15, -0.1) is 0 Å². The topological polar surface area (TPSA) is 118 Å². The Kier molecular flexibility index (Phi) is 5.70. The van der Waals surface area contributed by atoms with E-state index >= 15 is 0 Å². The molecule has 1 fully saturated rings. The van der Waals surface area contributed by atoms with E-state index in [0.717, 1.165) is 41.5 Å². The standard InChI is InChI=1S/C20H18N6O/c21-25-23-18-8-4-14(5-9-18)12-16-2-1-3-17(20(16)27)13-15-6-10-19(11-7-15)24-26-22/h4-13,21-22H,1-3H2/q+2/b16-12+,17-13+. The number of Topliss-reactive ketones (excluding diaryl/α,β-unsaturated/α-hetero) is 1. The van der Waals surface area contributed by atoms with Crippen molar-refractivity contribution in [1.29, 1.82) is 11.1 Å². The number of carbonyl (C=O) groups excluding carboxylic acids is 1. The van der Waals surface area contributed by atoms with Crippen LogP contribution < -0.4 is 9.82 Å². The van der Waals surface area contributed by atoms with E-state index in [9.17, 15) is 4.79 Å². The minimum atomic E-state index is 0.0751. The van der Waals surface area contributed by atoms with E-state index < -0.39 is 0 Å². The summed E-state index contributed by atoms with van der Waals surface area (Å²) in [5, 5.41) is 7.32. The summed E-state index contributed by atoms with van der Waals surface area (Å²) in [4.78, 5) is 18.8. The number of hydrogen-bond acceptors (Lipinski definition) is 5. The summed E-state index contributed by atoms with van der Waals surface area (Å²) < 4.78 is 0. The fourth-order valence-corrected chi connectivity index (χ4v) is 2.97. The highest BCUT2D eigenvalue weighted by molar-refractivity contribution is 6.13. The van der Waals surface area contributed by atoms with Crippen LogP contribution in [0.1, 0.15) is 30.4 Å². The van der Waals surface area contributed by atoms with E-state index in [1.807, 2.05) is 36.4 Å². The van der Waals surface area contributed by atoms with Crippen molar-refractivity contribution in [2.45, 2.75) is 19.3 Å². The first-order chi connectivity index (χ1) is 13.2. The molecule has 2 aromatic rings. The molecule has 0 saturated heterocycles. The van der Waals surface area contributed by atoms with E-state index in [1.54, 1.807) is 24.3 Å². The minimum Gasteiger partial charge on any atom is -0.289 e. The third-order valence-corrected chi connectivity index (χ3v) is 4.27. The smallest absolute Gasteiger partial charge is 0.220 e. The molecule has 0 spiro atoms. The molecule has 1 aliphatic rings. The molecule has 0 aliphatic heterocycles. The number of hydrogen-bond donors (Lipinski definition) is 2. The molecule has 3 rings (SSSR count). The number of benzene rings is 2. The lowest BCUT2D eigenvalue weighted by Gasteiger charge is -2.16. The van der Waals surface area contributed by atoms with Crippen LogP contribution in [0.25, 0.3) is 12.2 Å². The van der Waals surface area contributed by atoms with Crippen LogP contribution in [0.5, 0.6) is 0 Å². The van der Waals surface area contributed by atoms with Crippen LogP contribution in [0, 0.1) is 11.1 Å². The summed E-state index contributed by atoms with van der Waals surface area (Å²) in [6, 6.07) is 14.5. The Hall–Kier alpha value is -3.79. The van der Waals surface area contributed by atoms with E-state index in [1.165, 1.54) is 0 Å². The summed E-state index contributed by atoms with van der Waals surface area (Å²) in [7, 11) is 0. The molecule has 2 aromatic carbocycles. The summed E-state index contributed by atoms with van der Waals surface area (Å²) in [5.41, 5.74) is 18.2.